The van der Waals surface area contributed by atoms with Gasteiger partial charge in [-0.2, -0.15) is 18.2 Å². The summed E-state index contributed by atoms with van der Waals surface area (Å²) < 4.78 is 43.2. The maximum Gasteiger partial charge on any atom is 0.433 e. The molecular formula is C13H14F3N5O. The average molecular weight is 313 g/mol. The van der Waals surface area contributed by atoms with Gasteiger partial charge in [-0.3, -0.25) is 0 Å². The molecule has 1 unspecified atom stereocenters. The molecular weight excluding hydrogens is 299 g/mol. The van der Waals surface area contributed by atoms with Crippen LogP contribution in [0.2, 0.25) is 0 Å². The summed E-state index contributed by atoms with van der Waals surface area (Å²) in [6.07, 6.45) is -1.68. The number of anilines is 1. The van der Waals surface area contributed by atoms with E-state index in [1.165, 1.54) is 0 Å². The maximum absolute atomic E-state index is 12.7. The highest BCUT2D eigenvalue weighted by Gasteiger charge is 2.34. The van der Waals surface area contributed by atoms with Crippen molar-refractivity contribution in [2.75, 3.05) is 18.0 Å². The molecule has 3 rings (SSSR count). The molecule has 0 spiro atoms. The van der Waals surface area contributed by atoms with Crippen LogP contribution in [0, 0.1) is 6.92 Å². The number of aromatic nitrogens is 4. The van der Waals surface area contributed by atoms with Gasteiger partial charge in [0, 0.05) is 32.1 Å². The Hall–Kier alpha value is -2.19. The molecule has 3 heterocycles. The number of hydrogen-bond acceptors (Lipinski definition) is 6. The first kappa shape index (κ1) is 14.7. The Morgan fingerprint density at radius 2 is 2.14 bits per heavy atom. The number of nitrogens with zero attached hydrogens (tertiary/aromatic N) is 5. The van der Waals surface area contributed by atoms with Crippen molar-refractivity contribution in [2.45, 2.75) is 31.9 Å². The Morgan fingerprint density at radius 1 is 1.32 bits per heavy atom. The van der Waals surface area contributed by atoms with Crippen LogP contribution in [0.5, 0.6) is 0 Å². The number of alkyl halides is 3. The fourth-order valence-electron chi connectivity index (χ4n) is 2.51. The Bertz CT molecular complexity index is 657. The minimum Gasteiger partial charge on any atom is -0.340 e. The number of halogens is 3. The lowest BCUT2D eigenvalue weighted by Gasteiger charge is -2.31. The highest BCUT2D eigenvalue weighted by molar-refractivity contribution is 5.32. The predicted molar refractivity (Wildman–Crippen MR) is 70.3 cm³/mol. The van der Waals surface area contributed by atoms with Gasteiger partial charge in [-0.15, -0.1) is 0 Å². The van der Waals surface area contributed by atoms with Crippen molar-refractivity contribution in [3.8, 4) is 0 Å². The monoisotopic (exact) mass is 313 g/mol. The van der Waals surface area contributed by atoms with Crippen LogP contribution in [0.3, 0.4) is 0 Å². The zero-order chi connectivity index (χ0) is 15.7. The molecule has 0 bridgehead atoms. The summed E-state index contributed by atoms with van der Waals surface area (Å²) in [5.41, 5.74) is -0.935. The third-order valence-electron chi connectivity index (χ3n) is 3.55. The third kappa shape index (κ3) is 3.02. The molecule has 2 aromatic rings. The fraction of sp³-hybridized carbons (Fsp3) is 0.538. The predicted octanol–water partition coefficient (Wildman–Crippen LogP) is 2.57. The molecule has 1 saturated heterocycles. The number of hydrogen-bond donors (Lipinski definition) is 0. The second-order valence-electron chi connectivity index (χ2n) is 5.20. The summed E-state index contributed by atoms with van der Waals surface area (Å²) in [6.45, 7) is 2.78. The van der Waals surface area contributed by atoms with E-state index in [-0.39, 0.29) is 11.9 Å². The Kier molecular flexibility index (Phi) is 3.71. The first-order valence-electron chi connectivity index (χ1n) is 6.89. The van der Waals surface area contributed by atoms with Gasteiger partial charge in [-0.05, 0) is 18.9 Å². The smallest absolute Gasteiger partial charge is 0.340 e. The van der Waals surface area contributed by atoms with E-state index >= 15 is 0 Å². The van der Waals surface area contributed by atoms with Gasteiger partial charge in [-0.25, -0.2) is 9.97 Å². The average Bonchev–Trinajstić information content (AvgIpc) is 2.93. The SMILES string of the molecule is Cc1nc(C2CCCN(c3nccc(C(F)(F)F)n3)C2)no1. The molecule has 1 aliphatic rings. The van der Waals surface area contributed by atoms with E-state index < -0.39 is 11.9 Å². The second-order valence-corrected chi connectivity index (χ2v) is 5.20. The van der Waals surface area contributed by atoms with E-state index in [1.54, 1.807) is 11.8 Å². The van der Waals surface area contributed by atoms with Crippen LogP contribution in [0.4, 0.5) is 19.1 Å². The molecule has 1 aliphatic heterocycles. The summed E-state index contributed by atoms with van der Waals surface area (Å²) in [7, 11) is 0. The standard InChI is InChI=1S/C13H14F3N5O/c1-8-18-11(20-22-8)9-3-2-6-21(7-9)12-17-5-4-10(19-12)13(14,15)16/h4-5,9H,2-3,6-7H2,1H3. The lowest BCUT2D eigenvalue weighted by Crippen LogP contribution is -2.36. The summed E-state index contributed by atoms with van der Waals surface area (Å²) in [5.74, 6) is 1.14. The molecule has 0 aromatic carbocycles. The first-order valence-corrected chi connectivity index (χ1v) is 6.89. The Morgan fingerprint density at radius 3 is 2.82 bits per heavy atom. The molecule has 22 heavy (non-hydrogen) atoms. The van der Waals surface area contributed by atoms with Crippen LogP contribution in [0.25, 0.3) is 0 Å². The largest absolute Gasteiger partial charge is 0.433 e. The molecule has 6 nitrogen and oxygen atoms in total. The van der Waals surface area contributed by atoms with Gasteiger partial charge in [-0.1, -0.05) is 5.16 Å². The molecule has 0 radical (unpaired) electrons. The van der Waals surface area contributed by atoms with Crippen molar-refractivity contribution in [3.63, 3.8) is 0 Å². The van der Waals surface area contributed by atoms with Crippen LogP contribution in [-0.2, 0) is 6.18 Å². The minimum absolute atomic E-state index is 0.00402. The van der Waals surface area contributed by atoms with Crippen LogP contribution in [0.1, 0.15) is 36.2 Å². The lowest BCUT2D eigenvalue weighted by atomic mass is 9.98. The lowest BCUT2D eigenvalue weighted by molar-refractivity contribution is -0.141. The normalized spacial score (nSPS) is 19.5. The van der Waals surface area contributed by atoms with Gasteiger partial charge in [0.2, 0.25) is 11.8 Å². The maximum atomic E-state index is 12.7. The Labute approximate surface area is 124 Å². The quantitative estimate of drug-likeness (QED) is 0.849. The topological polar surface area (TPSA) is 67.9 Å². The molecule has 0 saturated carbocycles. The molecule has 0 aliphatic carbocycles. The van der Waals surface area contributed by atoms with Crippen molar-refractivity contribution in [3.05, 3.63) is 29.7 Å². The van der Waals surface area contributed by atoms with Gasteiger partial charge in [0.05, 0.1) is 0 Å². The number of aryl methyl sites for hydroxylation is 1. The molecule has 1 atom stereocenters. The van der Waals surface area contributed by atoms with E-state index in [4.69, 9.17) is 4.52 Å². The van der Waals surface area contributed by atoms with Gasteiger partial charge < -0.3 is 9.42 Å². The van der Waals surface area contributed by atoms with Gasteiger partial charge in [0.25, 0.3) is 0 Å². The van der Waals surface area contributed by atoms with E-state index in [0.29, 0.717) is 24.8 Å². The van der Waals surface area contributed by atoms with E-state index in [9.17, 15) is 13.2 Å². The summed E-state index contributed by atoms with van der Waals surface area (Å²) in [5, 5.41) is 3.89. The summed E-state index contributed by atoms with van der Waals surface area (Å²) >= 11 is 0. The highest BCUT2D eigenvalue weighted by atomic mass is 19.4. The molecule has 9 heteroatoms. The Balaban J connectivity index is 1.80. The van der Waals surface area contributed by atoms with Crippen molar-refractivity contribution in [1.29, 1.82) is 0 Å². The second kappa shape index (κ2) is 5.54. The van der Waals surface area contributed by atoms with Gasteiger partial charge in [0.1, 0.15) is 5.69 Å². The van der Waals surface area contributed by atoms with Crippen LogP contribution < -0.4 is 4.90 Å². The highest BCUT2D eigenvalue weighted by Crippen LogP contribution is 2.30. The summed E-state index contributed by atoms with van der Waals surface area (Å²) in [4.78, 5) is 13.5. The molecule has 118 valence electrons. The third-order valence-corrected chi connectivity index (χ3v) is 3.55. The minimum atomic E-state index is -4.47. The van der Waals surface area contributed by atoms with Gasteiger partial charge in [0.15, 0.2) is 5.82 Å². The summed E-state index contributed by atoms with van der Waals surface area (Å²) in [6, 6.07) is 0.869. The van der Waals surface area contributed by atoms with Crippen LogP contribution >= 0.6 is 0 Å². The van der Waals surface area contributed by atoms with Crippen molar-refractivity contribution in [2.24, 2.45) is 0 Å². The van der Waals surface area contributed by atoms with Crippen molar-refractivity contribution >= 4 is 5.95 Å². The fourth-order valence-corrected chi connectivity index (χ4v) is 2.51. The molecule has 1 fully saturated rings. The van der Waals surface area contributed by atoms with E-state index in [0.717, 1.165) is 25.1 Å². The number of piperidine rings is 1. The van der Waals surface area contributed by atoms with E-state index in [2.05, 4.69) is 20.1 Å². The van der Waals surface area contributed by atoms with Crippen LogP contribution in [-0.4, -0.2) is 33.2 Å². The van der Waals surface area contributed by atoms with Crippen molar-refractivity contribution < 1.29 is 17.7 Å². The van der Waals surface area contributed by atoms with E-state index in [1.807, 2.05) is 0 Å². The molecule has 2 aromatic heterocycles. The van der Waals surface area contributed by atoms with Crippen LogP contribution in [0.15, 0.2) is 16.8 Å². The zero-order valence-corrected chi connectivity index (χ0v) is 11.8. The van der Waals surface area contributed by atoms with Crippen molar-refractivity contribution in [1.82, 2.24) is 20.1 Å². The molecule has 0 amide bonds. The first-order chi connectivity index (χ1) is 10.4. The zero-order valence-electron chi connectivity index (χ0n) is 11.8. The molecule has 0 N–H and O–H groups in total. The van der Waals surface area contributed by atoms with Gasteiger partial charge >= 0.3 is 6.18 Å². The number of rotatable bonds is 2.